The van der Waals surface area contributed by atoms with Crippen LogP contribution in [0.2, 0.25) is 0 Å². The Hall–Kier alpha value is -0.340. The predicted molar refractivity (Wildman–Crippen MR) is 37.1 cm³/mol. The SMILES string of the molecule is C=CC(CO)CC(C)O. The fourth-order valence-corrected chi connectivity index (χ4v) is 0.683. The van der Waals surface area contributed by atoms with Gasteiger partial charge < -0.3 is 10.2 Å². The van der Waals surface area contributed by atoms with Crippen molar-refractivity contribution in [3.8, 4) is 0 Å². The topological polar surface area (TPSA) is 40.5 Å². The summed E-state index contributed by atoms with van der Waals surface area (Å²) in [7, 11) is 0. The first-order valence-corrected chi connectivity index (χ1v) is 3.12. The van der Waals surface area contributed by atoms with E-state index in [2.05, 4.69) is 6.58 Å². The highest BCUT2D eigenvalue weighted by Gasteiger charge is 2.04. The third kappa shape index (κ3) is 4.18. The van der Waals surface area contributed by atoms with E-state index in [1.54, 1.807) is 13.0 Å². The normalized spacial score (nSPS) is 16.8. The van der Waals surface area contributed by atoms with E-state index in [1.807, 2.05) is 0 Å². The molecule has 2 heteroatoms. The highest BCUT2D eigenvalue weighted by molar-refractivity contribution is 4.79. The van der Waals surface area contributed by atoms with E-state index in [0.717, 1.165) is 0 Å². The molecule has 2 atom stereocenters. The van der Waals surface area contributed by atoms with E-state index in [9.17, 15) is 0 Å². The molecule has 2 unspecified atom stereocenters. The Kier molecular flexibility index (Phi) is 4.36. The fourth-order valence-electron chi connectivity index (χ4n) is 0.683. The van der Waals surface area contributed by atoms with Crippen LogP contribution in [0.3, 0.4) is 0 Å². The van der Waals surface area contributed by atoms with Crippen LogP contribution >= 0.6 is 0 Å². The first-order valence-electron chi connectivity index (χ1n) is 3.12. The van der Waals surface area contributed by atoms with E-state index >= 15 is 0 Å². The third-order valence-electron chi connectivity index (χ3n) is 1.21. The molecule has 0 amide bonds. The Morgan fingerprint density at radius 3 is 2.33 bits per heavy atom. The molecule has 0 saturated heterocycles. The lowest BCUT2D eigenvalue weighted by Crippen LogP contribution is -2.10. The smallest absolute Gasteiger partial charge is 0.0518 e. The van der Waals surface area contributed by atoms with Crippen LogP contribution in [0.25, 0.3) is 0 Å². The van der Waals surface area contributed by atoms with E-state index < -0.39 is 0 Å². The Morgan fingerprint density at radius 2 is 2.22 bits per heavy atom. The molecule has 0 radical (unpaired) electrons. The second kappa shape index (κ2) is 4.53. The van der Waals surface area contributed by atoms with Crippen molar-refractivity contribution in [2.75, 3.05) is 6.61 Å². The molecular formula is C7H14O2. The van der Waals surface area contributed by atoms with Crippen molar-refractivity contribution in [3.63, 3.8) is 0 Å². The molecule has 0 aliphatic carbocycles. The number of hydrogen-bond donors (Lipinski definition) is 2. The van der Waals surface area contributed by atoms with Gasteiger partial charge in [-0.2, -0.15) is 0 Å². The number of aliphatic hydroxyl groups is 2. The molecule has 0 heterocycles. The van der Waals surface area contributed by atoms with Gasteiger partial charge in [0.2, 0.25) is 0 Å². The zero-order chi connectivity index (χ0) is 7.28. The summed E-state index contributed by atoms with van der Waals surface area (Å²) in [4.78, 5) is 0. The lowest BCUT2D eigenvalue weighted by molar-refractivity contribution is 0.145. The second-order valence-corrected chi connectivity index (χ2v) is 2.26. The first kappa shape index (κ1) is 8.66. The zero-order valence-corrected chi connectivity index (χ0v) is 5.75. The van der Waals surface area contributed by atoms with E-state index in [0.29, 0.717) is 6.42 Å². The Labute approximate surface area is 55.8 Å². The van der Waals surface area contributed by atoms with Crippen LogP contribution < -0.4 is 0 Å². The van der Waals surface area contributed by atoms with Crippen molar-refractivity contribution in [1.29, 1.82) is 0 Å². The molecule has 2 N–H and O–H groups in total. The van der Waals surface area contributed by atoms with Gasteiger partial charge in [-0.1, -0.05) is 6.08 Å². The largest absolute Gasteiger partial charge is 0.396 e. The van der Waals surface area contributed by atoms with Crippen LogP contribution in [0, 0.1) is 5.92 Å². The van der Waals surface area contributed by atoms with Crippen LogP contribution in [-0.4, -0.2) is 22.9 Å². The van der Waals surface area contributed by atoms with Gasteiger partial charge in [-0.25, -0.2) is 0 Å². The van der Waals surface area contributed by atoms with Crippen LogP contribution in [0.15, 0.2) is 12.7 Å². The lowest BCUT2D eigenvalue weighted by atomic mass is 10.0. The maximum Gasteiger partial charge on any atom is 0.0518 e. The first-order chi connectivity index (χ1) is 4.20. The van der Waals surface area contributed by atoms with Gasteiger partial charge in [0.1, 0.15) is 0 Å². The molecule has 0 aromatic carbocycles. The van der Waals surface area contributed by atoms with Crippen molar-refractivity contribution < 1.29 is 10.2 Å². The van der Waals surface area contributed by atoms with Gasteiger partial charge in [0.25, 0.3) is 0 Å². The summed E-state index contributed by atoms with van der Waals surface area (Å²) < 4.78 is 0. The maximum atomic E-state index is 8.83. The van der Waals surface area contributed by atoms with Crippen molar-refractivity contribution in [2.24, 2.45) is 5.92 Å². The summed E-state index contributed by atoms with van der Waals surface area (Å²) in [6.07, 6.45) is 1.91. The van der Waals surface area contributed by atoms with Gasteiger partial charge in [0.15, 0.2) is 0 Å². The molecule has 0 aliphatic rings. The molecule has 9 heavy (non-hydrogen) atoms. The molecule has 0 spiro atoms. The molecule has 0 saturated carbocycles. The summed E-state index contributed by atoms with van der Waals surface area (Å²) >= 11 is 0. The van der Waals surface area contributed by atoms with Crippen LogP contribution in [0.4, 0.5) is 0 Å². The molecule has 0 aliphatic heterocycles. The summed E-state index contributed by atoms with van der Waals surface area (Å²) in [5.41, 5.74) is 0. The molecule has 54 valence electrons. The van der Waals surface area contributed by atoms with Crippen LogP contribution in [0.1, 0.15) is 13.3 Å². The Morgan fingerprint density at radius 1 is 1.67 bits per heavy atom. The number of hydrogen-bond acceptors (Lipinski definition) is 2. The third-order valence-corrected chi connectivity index (χ3v) is 1.21. The molecule has 0 bridgehead atoms. The molecular weight excluding hydrogens is 116 g/mol. The highest BCUT2D eigenvalue weighted by Crippen LogP contribution is 2.05. The molecule has 0 aromatic rings. The molecule has 2 nitrogen and oxygen atoms in total. The predicted octanol–water partition coefficient (Wildman–Crippen LogP) is 0.552. The van der Waals surface area contributed by atoms with Gasteiger partial charge in [0, 0.05) is 12.5 Å². The summed E-state index contributed by atoms with van der Waals surface area (Å²) in [5, 5.41) is 17.4. The summed E-state index contributed by atoms with van der Waals surface area (Å²) in [5.74, 6) is 0.0463. The van der Waals surface area contributed by atoms with E-state index in [1.165, 1.54) is 0 Å². The van der Waals surface area contributed by atoms with Gasteiger partial charge >= 0.3 is 0 Å². The minimum absolute atomic E-state index is 0.0463. The quantitative estimate of drug-likeness (QED) is 0.546. The lowest BCUT2D eigenvalue weighted by Gasteiger charge is -2.09. The number of aliphatic hydroxyl groups excluding tert-OH is 2. The minimum atomic E-state index is -0.347. The van der Waals surface area contributed by atoms with Crippen LogP contribution in [0.5, 0.6) is 0 Å². The standard InChI is InChI=1S/C7H14O2/c1-3-7(5-8)4-6(2)9/h3,6-9H,1,4-5H2,2H3. The summed E-state index contributed by atoms with van der Waals surface area (Å²) in [6.45, 7) is 5.29. The van der Waals surface area contributed by atoms with Gasteiger partial charge in [-0.15, -0.1) is 6.58 Å². The molecule has 0 fully saturated rings. The van der Waals surface area contributed by atoms with Gasteiger partial charge in [-0.3, -0.25) is 0 Å². The summed E-state index contributed by atoms with van der Waals surface area (Å²) in [6, 6.07) is 0. The second-order valence-electron chi connectivity index (χ2n) is 2.26. The van der Waals surface area contributed by atoms with Gasteiger partial charge in [-0.05, 0) is 13.3 Å². The van der Waals surface area contributed by atoms with Crippen molar-refractivity contribution in [1.82, 2.24) is 0 Å². The van der Waals surface area contributed by atoms with E-state index in [-0.39, 0.29) is 18.6 Å². The Bertz CT molecular complexity index is 79.0. The Balaban J connectivity index is 3.42. The average Bonchev–Trinajstić information content (AvgIpc) is 1.82. The fraction of sp³-hybridized carbons (Fsp3) is 0.714. The van der Waals surface area contributed by atoms with E-state index in [4.69, 9.17) is 10.2 Å². The van der Waals surface area contributed by atoms with Crippen LogP contribution in [-0.2, 0) is 0 Å². The molecule has 0 rings (SSSR count). The minimum Gasteiger partial charge on any atom is -0.396 e. The molecule has 0 aromatic heterocycles. The highest BCUT2D eigenvalue weighted by atomic mass is 16.3. The maximum absolute atomic E-state index is 8.83. The van der Waals surface area contributed by atoms with Crippen molar-refractivity contribution >= 4 is 0 Å². The zero-order valence-electron chi connectivity index (χ0n) is 5.75. The van der Waals surface area contributed by atoms with Crippen molar-refractivity contribution in [3.05, 3.63) is 12.7 Å². The monoisotopic (exact) mass is 130 g/mol. The number of rotatable bonds is 4. The van der Waals surface area contributed by atoms with Crippen molar-refractivity contribution in [2.45, 2.75) is 19.4 Å². The average molecular weight is 130 g/mol. The van der Waals surface area contributed by atoms with Gasteiger partial charge in [0.05, 0.1) is 6.10 Å².